The first-order chi connectivity index (χ1) is 11.0. The summed E-state index contributed by atoms with van der Waals surface area (Å²) in [6.45, 7) is 6.05. The Morgan fingerprint density at radius 1 is 1.13 bits per heavy atom. The van der Waals surface area contributed by atoms with Crippen LogP contribution in [-0.2, 0) is 0 Å². The molecule has 0 bridgehead atoms. The summed E-state index contributed by atoms with van der Waals surface area (Å²) in [5.74, 6) is 0.799. The lowest BCUT2D eigenvalue weighted by Gasteiger charge is -2.12. The number of hydrogen-bond donors (Lipinski definition) is 2. The van der Waals surface area contributed by atoms with Gasteiger partial charge in [0.15, 0.2) is 5.11 Å². The van der Waals surface area contributed by atoms with E-state index in [4.69, 9.17) is 17.0 Å². The summed E-state index contributed by atoms with van der Waals surface area (Å²) in [5, 5.41) is 7.95. The van der Waals surface area contributed by atoms with E-state index in [1.807, 2.05) is 43.3 Å². The summed E-state index contributed by atoms with van der Waals surface area (Å²) >= 11 is 5.30. The normalized spacial score (nSPS) is 11.0. The van der Waals surface area contributed by atoms with Crippen LogP contribution in [0.3, 0.4) is 0 Å². The predicted molar refractivity (Wildman–Crippen MR) is 100 cm³/mol. The van der Waals surface area contributed by atoms with Crippen LogP contribution in [0, 0.1) is 13.8 Å². The molecule has 0 heterocycles. The van der Waals surface area contributed by atoms with E-state index in [1.54, 1.807) is 7.11 Å². The van der Waals surface area contributed by atoms with E-state index in [9.17, 15) is 0 Å². The summed E-state index contributed by atoms with van der Waals surface area (Å²) in [5.41, 5.74) is 8.06. The molecule has 0 aromatic heterocycles. The number of anilines is 1. The number of rotatable bonds is 4. The van der Waals surface area contributed by atoms with E-state index >= 15 is 0 Å². The lowest BCUT2D eigenvalue weighted by Crippen LogP contribution is -2.25. The molecule has 2 aromatic rings. The molecule has 0 fully saturated rings. The Kier molecular flexibility index (Phi) is 5.71. The van der Waals surface area contributed by atoms with Crippen molar-refractivity contribution in [2.45, 2.75) is 20.8 Å². The Morgan fingerprint density at radius 3 is 2.61 bits per heavy atom. The molecule has 2 rings (SSSR count). The van der Waals surface area contributed by atoms with E-state index in [-0.39, 0.29) is 0 Å². The van der Waals surface area contributed by atoms with Gasteiger partial charge in [-0.05, 0) is 62.3 Å². The molecule has 0 aliphatic rings. The zero-order valence-electron chi connectivity index (χ0n) is 13.8. The van der Waals surface area contributed by atoms with E-state index in [2.05, 4.69) is 35.8 Å². The highest BCUT2D eigenvalue weighted by atomic mass is 32.1. The maximum absolute atomic E-state index is 5.30. The zero-order chi connectivity index (χ0) is 16.8. The van der Waals surface area contributed by atoms with Gasteiger partial charge in [0.05, 0.1) is 12.8 Å². The highest BCUT2D eigenvalue weighted by Gasteiger charge is 2.03. The Labute approximate surface area is 142 Å². The summed E-state index contributed by atoms with van der Waals surface area (Å²) in [6.07, 6.45) is 0. The molecule has 0 spiro atoms. The van der Waals surface area contributed by atoms with E-state index in [1.165, 1.54) is 11.1 Å². The minimum absolute atomic E-state index is 0.459. The van der Waals surface area contributed by atoms with Crippen molar-refractivity contribution in [1.82, 2.24) is 5.43 Å². The number of hydrogen-bond acceptors (Lipinski definition) is 3. The summed E-state index contributed by atoms with van der Waals surface area (Å²) in [6, 6.07) is 13.8. The topological polar surface area (TPSA) is 45.6 Å². The minimum atomic E-state index is 0.459. The monoisotopic (exact) mass is 327 g/mol. The molecule has 0 saturated heterocycles. The van der Waals surface area contributed by atoms with Crippen molar-refractivity contribution in [2.24, 2.45) is 5.10 Å². The van der Waals surface area contributed by atoms with Crippen LogP contribution >= 0.6 is 12.2 Å². The third-order valence-corrected chi connectivity index (χ3v) is 3.86. The largest absolute Gasteiger partial charge is 0.497 e. The maximum atomic E-state index is 5.30. The first-order valence-corrected chi connectivity index (χ1v) is 7.74. The van der Waals surface area contributed by atoms with Gasteiger partial charge in [0.25, 0.3) is 0 Å². The average molecular weight is 327 g/mol. The molecule has 0 unspecified atom stereocenters. The fraction of sp³-hybridized carbons (Fsp3) is 0.222. The van der Waals surface area contributed by atoms with Gasteiger partial charge in [-0.1, -0.05) is 24.3 Å². The molecular formula is C18H21N3OS. The number of hydrazone groups is 1. The number of ether oxygens (including phenoxy) is 1. The number of aryl methyl sites for hydroxylation is 1. The van der Waals surface area contributed by atoms with Gasteiger partial charge in [-0.15, -0.1) is 0 Å². The van der Waals surface area contributed by atoms with E-state index < -0.39 is 0 Å². The molecule has 0 aliphatic heterocycles. The van der Waals surface area contributed by atoms with Gasteiger partial charge < -0.3 is 10.1 Å². The van der Waals surface area contributed by atoms with Gasteiger partial charge in [0.1, 0.15) is 5.75 Å². The minimum Gasteiger partial charge on any atom is -0.497 e. The molecule has 0 radical (unpaired) electrons. The van der Waals surface area contributed by atoms with Crippen LogP contribution in [0.5, 0.6) is 5.75 Å². The second-order valence-electron chi connectivity index (χ2n) is 5.24. The van der Waals surface area contributed by atoms with Crippen LogP contribution < -0.4 is 15.5 Å². The molecule has 23 heavy (non-hydrogen) atoms. The SMILES string of the molecule is COc1cccc(/C(C)=N/NC(=S)Nc2cccc(C)c2C)c1. The van der Waals surface area contributed by atoms with Crippen molar-refractivity contribution < 1.29 is 4.74 Å². The summed E-state index contributed by atoms with van der Waals surface area (Å²) in [7, 11) is 1.65. The third-order valence-electron chi connectivity index (χ3n) is 3.67. The molecule has 120 valence electrons. The number of nitrogens with zero attached hydrogens (tertiary/aromatic N) is 1. The van der Waals surface area contributed by atoms with Gasteiger partial charge in [-0.2, -0.15) is 5.10 Å². The molecule has 2 N–H and O–H groups in total. The highest BCUT2D eigenvalue weighted by Crippen LogP contribution is 2.17. The quantitative estimate of drug-likeness (QED) is 0.506. The first kappa shape index (κ1) is 17.0. The third kappa shape index (κ3) is 4.53. The molecule has 0 amide bonds. The Morgan fingerprint density at radius 2 is 1.87 bits per heavy atom. The molecule has 0 saturated carbocycles. The van der Waals surface area contributed by atoms with Gasteiger partial charge >= 0.3 is 0 Å². The van der Waals surface area contributed by atoms with Gasteiger partial charge in [0, 0.05) is 11.3 Å². The van der Waals surface area contributed by atoms with E-state index in [0.717, 1.165) is 22.7 Å². The van der Waals surface area contributed by atoms with Crippen molar-refractivity contribution in [1.29, 1.82) is 0 Å². The lowest BCUT2D eigenvalue weighted by molar-refractivity contribution is 0.414. The van der Waals surface area contributed by atoms with Crippen LogP contribution in [0.1, 0.15) is 23.6 Å². The summed E-state index contributed by atoms with van der Waals surface area (Å²) < 4.78 is 5.22. The standard InChI is InChI=1S/C18H21N3OS/c1-12-7-5-10-17(13(12)2)19-18(23)21-20-14(3)15-8-6-9-16(11-15)22-4/h5-11H,1-4H3,(H2,19,21,23)/b20-14+. The lowest BCUT2D eigenvalue weighted by atomic mass is 10.1. The van der Waals surface area contributed by atoms with Crippen molar-refractivity contribution in [3.05, 3.63) is 59.2 Å². The van der Waals surface area contributed by atoms with Gasteiger partial charge in [0.2, 0.25) is 0 Å². The number of methoxy groups -OCH3 is 1. The Balaban J connectivity index is 2.03. The molecule has 4 nitrogen and oxygen atoms in total. The van der Waals surface area contributed by atoms with Crippen molar-refractivity contribution in [2.75, 3.05) is 12.4 Å². The molecule has 0 atom stereocenters. The zero-order valence-corrected chi connectivity index (χ0v) is 14.6. The van der Waals surface area contributed by atoms with Gasteiger partial charge in [-0.25, -0.2) is 0 Å². The number of benzene rings is 2. The fourth-order valence-electron chi connectivity index (χ4n) is 2.08. The highest BCUT2D eigenvalue weighted by molar-refractivity contribution is 7.80. The van der Waals surface area contributed by atoms with Crippen LogP contribution in [0.15, 0.2) is 47.6 Å². The Hall–Kier alpha value is -2.40. The van der Waals surface area contributed by atoms with Crippen LogP contribution in [0.25, 0.3) is 0 Å². The smallest absolute Gasteiger partial charge is 0.191 e. The van der Waals surface area contributed by atoms with E-state index in [0.29, 0.717) is 5.11 Å². The maximum Gasteiger partial charge on any atom is 0.191 e. The molecule has 5 heteroatoms. The van der Waals surface area contributed by atoms with Crippen molar-refractivity contribution >= 4 is 28.7 Å². The number of nitrogens with one attached hydrogen (secondary N) is 2. The Bertz CT molecular complexity index is 741. The average Bonchev–Trinajstić information content (AvgIpc) is 2.57. The number of thiocarbonyl (C=S) groups is 1. The molecular weight excluding hydrogens is 306 g/mol. The molecule has 2 aromatic carbocycles. The van der Waals surface area contributed by atoms with Gasteiger partial charge in [-0.3, -0.25) is 5.43 Å². The van der Waals surface area contributed by atoms with Crippen LogP contribution in [0.4, 0.5) is 5.69 Å². The van der Waals surface area contributed by atoms with Crippen LogP contribution in [0.2, 0.25) is 0 Å². The molecule has 0 aliphatic carbocycles. The fourth-order valence-corrected chi connectivity index (χ4v) is 2.24. The summed E-state index contributed by atoms with van der Waals surface area (Å²) in [4.78, 5) is 0. The van der Waals surface area contributed by atoms with Crippen LogP contribution in [-0.4, -0.2) is 17.9 Å². The second-order valence-corrected chi connectivity index (χ2v) is 5.65. The van der Waals surface area contributed by atoms with Crippen molar-refractivity contribution in [3.63, 3.8) is 0 Å². The first-order valence-electron chi connectivity index (χ1n) is 7.33. The van der Waals surface area contributed by atoms with Crippen molar-refractivity contribution in [3.8, 4) is 5.75 Å². The predicted octanol–water partition coefficient (Wildman–Crippen LogP) is 4.02. The second kappa shape index (κ2) is 7.74.